The van der Waals surface area contributed by atoms with Gasteiger partial charge in [-0.15, -0.1) is 0 Å². The molecule has 1 unspecified atom stereocenters. The lowest BCUT2D eigenvalue weighted by atomic mass is 9.61. The first-order valence-electron chi connectivity index (χ1n) is 11.4. The third-order valence-electron chi connectivity index (χ3n) is 7.79. The van der Waals surface area contributed by atoms with Gasteiger partial charge in [0.15, 0.2) is 11.6 Å². The van der Waals surface area contributed by atoms with E-state index >= 15 is 0 Å². The third kappa shape index (κ3) is 2.21. The zero-order valence-corrected chi connectivity index (χ0v) is 18.6. The molecule has 0 saturated carbocycles. The summed E-state index contributed by atoms with van der Waals surface area (Å²) in [6.07, 6.45) is 3.13. The van der Waals surface area contributed by atoms with Crippen molar-refractivity contribution in [2.75, 3.05) is 0 Å². The minimum absolute atomic E-state index is 0.0315. The molecule has 0 aromatic heterocycles. The van der Waals surface area contributed by atoms with E-state index in [0.29, 0.717) is 39.0 Å². The van der Waals surface area contributed by atoms with Crippen LogP contribution >= 0.6 is 0 Å². The van der Waals surface area contributed by atoms with Crippen molar-refractivity contribution in [3.63, 3.8) is 0 Å². The van der Waals surface area contributed by atoms with E-state index in [1.807, 2.05) is 0 Å². The molecular formula is C29H18O7. The van der Waals surface area contributed by atoms with Gasteiger partial charge in [0.25, 0.3) is 0 Å². The molecule has 36 heavy (non-hydrogen) atoms. The summed E-state index contributed by atoms with van der Waals surface area (Å²) >= 11 is 0. The van der Waals surface area contributed by atoms with Crippen molar-refractivity contribution < 1.29 is 35.1 Å². The van der Waals surface area contributed by atoms with Crippen LogP contribution in [0.15, 0.2) is 66.3 Å². The second-order valence-corrected chi connectivity index (χ2v) is 9.50. The summed E-state index contributed by atoms with van der Waals surface area (Å²) < 4.78 is 0. The zero-order valence-electron chi connectivity index (χ0n) is 18.6. The average Bonchev–Trinajstić information content (AvgIpc) is 3.05. The number of phenols is 4. The van der Waals surface area contributed by atoms with E-state index in [0.717, 1.165) is 6.07 Å². The summed E-state index contributed by atoms with van der Waals surface area (Å²) in [4.78, 5) is 26.2. The van der Waals surface area contributed by atoms with Crippen LogP contribution in [0.4, 0.5) is 0 Å². The van der Waals surface area contributed by atoms with E-state index in [1.54, 1.807) is 24.3 Å². The Morgan fingerprint density at radius 3 is 2.33 bits per heavy atom. The van der Waals surface area contributed by atoms with Crippen LogP contribution in [-0.2, 0) is 5.41 Å². The minimum atomic E-state index is -1.24. The molecule has 5 N–H and O–H groups in total. The van der Waals surface area contributed by atoms with Crippen LogP contribution in [0.3, 0.4) is 0 Å². The Balaban J connectivity index is 1.77. The van der Waals surface area contributed by atoms with Crippen molar-refractivity contribution >= 4 is 22.7 Å². The molecule has 7 heteroatoms. The van der Waals surface area contributed by atoms with Gasteiger partial charge in [-0.25, -0.2) is 0 Å². The lowest BCUT2D eigenvalue weighted by molar-refractivity contribution is 0.103. The Labute approximate surface area is 204 Å². The number of rotatable bonds is 0. The standard InChI is InChI=1S/C29H18O7/c30-13-10-15-25(23(36)11-13)21(34)8-12-9-22(35)26-16(2-1-3-18(26)31)29(12)17-5-7-20(33)27-19(32)6-4-14(24(17)27)28(15)29/h1-7,9-11,21,30-31,33-34,36H,8H2/t21?,29-/m1/s1. The van der Waals surface area contributed by atoms with Crippen LogP contribution in [0.25, 0.3) is 11.1 Å². The first-order valence-corrected chi connectivity index (χ1v) is 11.4. The van der Waals surface area contributed by atoms with E-state index < -0.39 is 17.3 Å². The molecule has 1 spiro atoms. The molecule has 0 heterocycles. The molecule has 7 nitrogen and oxygen atoms in total. The maximum absolute atomic E-state index is 13.3. The molecule has 0 bridgehead atoms. The summed E-state index contributed by atoms with van der Waals surface area (Å²) in [6, 6.07) is 10.5. The molecule has 0 saturated heterocycles. The summed E-state index contributed by atoms with van der Waals surface area (Å²) in [7, 11) is 0. The number of hydrogen-bond acceptors (Lipinski definition) is 7. The van der Waals surface area contributed by atoms with Crippen molar-refractivity contribution in [1.82, 2.24) is 0 Å². The molecule has 2 atom stereocenters. The molecule has 176 valence electrons. The quantitative estimate of drug-likeness (QED) is 0.329. The number of aliphatic hydroxyl groups is 1. The third-order valence-corrected chi connectivity index (χ3v) is 7.79. The number of aromatic hydroxyl groups is 4. The number of carbonyl (C=O) groups excluding carboxylic acids is 2. The predicted octanol–water partition coefficient (Wildman–Crippen LogP) is 4.03. The topological polar surface area (TPSA) is 135 Å². The Bertz CT molecular complexity index is 1700. The normalized spacial score (nSPS) is 22.8. The molecule has 0 radical (unpaired) electrons. The van der Waals surface area contributed by atoms with Gasteiger partial charge in [-0.2, -0.15) is 0 Å². The maximum atomic E-state index is 13.3. The lowest BCUT2D eigenvalue weighted by Gasteiger charge is -2.40. The van der Waals surface area contributed by atoms with Crippen LogP contribution in [-0.4, -0.2) is 37.1 Å². The van der Waals surface area contributed by atoms with Crippen molar-refractivity contribution in [2.24, 2.45) is 0 Å². The first-order chi connectivity index (χ1) is 17.2. The first kappa shape index (κ1) is 20.7. The number of carbonyl (C=O) groups is 2. The van der Waals surface area contributed by atoms with Gasteiger partial charge in [-0.3, -0.25) is 9.59 Å². The summed E-state index contributed by atoms with van der Waals surface area (Å²) in [5.41, 5.74) is 2.66. The Hall–Kier alpha value is -4.62. The lowest BCUT2D eigenvalue weighted by Crippen LogP contribution is -2.35. The monoisotopic (exact) mass is 478 g/mol. The van der Waals surface area contributed by atoms with Crippen molar-refractivity contribution in [3.05, 3.63) is 105 Å². The number of fused-ring (bicyclic) bond motifs is 3. The highest BCUT2D eigenvalue weighted by molar-refractivity contribution is 6.23. The smallest absolute Gasteiger partial charge is 0.190 e. The SMILES string of the molecule is O=C1C=C2CC(O)c3c(O)cc(O)cc3C3=C4C=CC(=O)c5c(O)ccc(c54)[C@]23c2cccc(O)c21. The van der Waals surface area contributed by atoms with Gasteiger partial charge in [0, 0.05) is 23.6 Å². The fourth-order valence-electron chi connectivity index (χ4n) is 6.59. The molecule has 3 aromatic rings. The van der Waals surface area contributed by atoms with Crippen LogP contribution in [0.2, 0.25) is 0 Å². The highest BCUT2D eigenvalue weighted by atomic mass is 16.3. The minimum Gasteiger partial charge on any atom is -0.508 e. The molecular weight excluding hydrogens is 460 g/mol. The molecule has 0 amide bonds. The van der Waals surface area contributed by atoms with Crippen molar-refractivity contribution in [2.45, 2.75) is 17.9 Å². The van der Waals surface area contributed by atoms with Crippen molar-refractivity contribution in [1.29, 1.82) is 0 Å². The van der Waals surface area contributed by atoms with Gasteiger partial charge in [0.05, 0.1) is 22.6 Å². The number of ketones is 2. The Morgan fingerprint density at radius 1 is 0.778 bits per heavy atom. The van der Waals surface area contributed by atoms with Gasteiger partial charge >= 0.3 is 0 Å². The molecule has 4 aliphatic carbocycles. The molecule has 7 rings (SSSR count). The highest BCUT2D eigenvalue weighted by Gasteiger charge is 2.56. The fraction of sp³-hybridized carbons (Fsp3) is 0.103. The van der Waals surface area contributed by atoms with Crippen molar-refractivity contribution in [3.8, 4) is 23.0 Å². The maximum Gasteiger partial charge on any atom is 0.190 e. The van der Waals surface area contributed by atoms with Gasteiger partial charge in [0.1, 0.15) is 23.0 Å². The summed E-state index contributed by atoms with van der Waals surface area (Å²) in [6.45, 7) is 0. The summed E-state index contributed by atoms with van der Waals surface area (Å²) in [5, 5.41) is 54.0. The fourth-order valence-corrected chi connectivity index (χ4v) is 6.59. The average molecular weight is 478 g/mol. The molecule has 0 fully saturated rings. The van der Waals surface area contributed by atoms with Crippen LogP contribution in [0, 0.1) is 0 Å². The number of aliphatic hydroxyl groups excluding tert-OH is 1. The highest BCUT2D eigenvalue weighted by Crippen LogP contribution is 2.66. The molecule has 0 aliphatic heterocycles. The van der Waals surface area contributed by atoms with E-state index in [9.17, 15) is 35.1 Å². The summed E-state index contributed by atoms with van der Waals surface area (Å²) in [5.74, 6) is -1.75. The Morgan fingerprint density at radius 2 is 1.53 bits per heavy atom. The second kappa shape index (κ2) is 6.53. The van der Waals surface area contributed by atoms with E-state index in [-0.39, 0.29) is 51.9 Å². The van der Waals surface area contributed by atoms with Crippen LogP contribution < -0.4 is 0 Å². The van der Waals surface area contributed by atoms with Crippen LogP contribution in [0.1, 0.15) is 61.1 Å². The Kier molecular flexibility index (Phi) is 3.76. The van der Waals surface area contributed by atoms with E-state index in [4.69, 9.17) is 0 Å². The van der Waals surface area contributed by atoms with Crippen LogP contribution in [0.5, 0.6) is 23.0 Å². The van der Waals surface area contributed by atoms with E-state index in [2.05, 4.69) is 0 Å². The number of benzene rings is 3. The molecule has 4 aliphatic rings. The van der Waals surface area contributed by atoms with Gasteiger partial charge in [0.2, 0.25) is 0 Å². The number of allylic oxidation sites excluding steroid dienone is 5. The second-order valence-electron chi connectivity index (χ2n) is 9.50. The molecule has 3 aromatic carbocycles. The van der Waals surface area contributed by atoms with Gasteiger partial charge in [-0.1, -0.05) is 24.3 Å². The number of phenolic OH excluding ortho intramolecular Hbond substituents is 4. The predicted molar refractivity (Wildman–Crippen MR) is 129 cm³/mol. The largest absolute Gasteiger partial charge is 0.508 e. The van der Waals surface area contributed by atoms with E-state index in [1.165, 1.54) is 30.4 Å². The van der Waals surface area contributed by atoms with Gasteiger partial charge < -0.3 is 25.5 Å². The van der Waals surface area contributed by atoms with Gasteiger partial charge in [-0.05, 0) is 63.8 Å². The number of hydrogen-bond donors (Lipinski definition) is 5. The zero-order chi connectivity index (χ0) is 25.1.